The number of carbonyl (C=O) groups excluding carboxylic acids is 1. The maximum absolute atomic E-state index is 12.1. The van der Waals surface area contributed by atoms with E-state index < -0.39 is 10.0 Å². The molecule has 1 aromatic carbocycles. The number of methoxy groups -OCH3 is 1. The van der Waals surface area contributed by atoms with Gasteiger partial charge in [-0.05, 0) is 37.1 Å². The van der Waals surface area contributed by atoms with E-state index in [1.807, 2.05) is 0 Å². The van der Waals surface area contributed by atoms with Gasteiger partial charge in [-0.25, -0.2) is 18.4 Å². The predicted octanol–water partition coefficient (Wildman–Crippen LogP) is 0.977. The van der Waals surface area contributed by atoms with Crippen molar-refractivity contribution < 1.29 is 17.9 Å². The summed E-state index contributed by atoms with van der Waals surface area (Å²) in [5, 5.41) is 7.75. The molecule has 1 atom stereocenters. The average Bonchev–Trinajstić information content (AvgIpc) is 2.47. The Morgan fingerprint density at radius 1 is 1.38 bits per heavy atom. The summed E-state index contributed by atoms with van der Waals surface area (Å²) in [6.45, 7) is 1.23. The first-order chi connectivity index (χ1) is 9.90. The van der Waals surface area contributed by atoms with E-state index in [0.717, 1.165) is 12.8 Å². The van der Waals surface area contributed by atoms with Crippen molar-refractivity contribution in [2.24, 2.45) is 5.14 Å². The molecule has 0 spiro atoms. The van der Waals surface area contributed by atoms with Gasteiger partial charge in [0.1, 0.15) is 0 Å². The number of primary sulfonamides is 1. The molecule has 1 fully saturated rings. The smallest absolute Gasteiger partial charge is 0.321 e. The van der Waals surface area contributed by atoms with Crippen LogP contribution in [-0.4, -0.2) is 45.7 Å². The molecule has 116 valence electrons. The molecule has 2 amide bonds. The van der Waals surface area contributed by atoms with Crippen molar-refractivity contribution in [3.8, 4) is 0 Å². The van der Waals surface area contributed by atoms with Gasteiger partial charge >= 0.3 is 6.03 Å². The fourth-order valence-corrected chi connectivity index (χ4v) is 2.76. The molecule has 21 heavy (non-hydrogen) atoms. The van der Waals surface area contributed by atoms with E-state index >= 15 is 0 Å². The third-order valence-electron chi connectivity index (χ3n) is 3.43. The summed E-state index contributed by atoms with van der Waals surface area (Å²) >= 11 is 0. The Labute approximate surface area is 124 Å². The predicted molar refractivity (Wildman–Crippen MR) is 78.4 cm³/mol. The highest BCUT2D eigenvalue weighted by Crippen LogP contribution is 2.16. The maximum atomic E-state index is 12.1. The number of carbonyl (C=O) groups is 1. The molecule has 1 aliphatic rings. The van der Waals surface area contributed by atoms with Crippen LogP contribution < -0.4 is 10.5 Å². The Hall–Kier alpha value is -1.64. The maximum Gasteiger partial charge on any atom is 0.321 e. The van der Waals surface area contributed by atoms with Gasteiger partial charge in [0.25, 0.3) is 0 Å². The molecule has 7 nitrogen and oxygen atoms in total. The number of hydrogen-bond acceptors (Lipinski definition) is 4. The highest BCUT2D eigenvalue weighted by Gasteiger charge is 2.23. The summed E-state index contributed by atoms with van der Waals surface area (Å²) in [7, 11) is -2.08. The van der Waals surface area contributed by atoms with Crippen molar-refractivity contribution in [3.63, 3.8) is 0 Å². The molecule has 0 saturated carbocycles. The second-order valence-corrected chi connectivity index (χ2v) is 6.51. The lowest BCUT2D eigenvalue weighted by Crippen LogP contribution is -2.44. The number of nitrogens with two attached hydrogens (primary N) is 1. The first kappa shape index (κ1) is 15.7. The number of ether oxygens (including phenoxy) is 1. The Bertz CT molecular complexity index is 600. The zero-order chi connectivity index (χ0) is 15.5. The van der Waals surface area contributed by atoms with Crippen LogP contribution in [0.15, 0.2) is 29.2 Å². The van der Waals surface area contributed by atoms with Gasteiger partial charge in [0.05, 0.1) is 11.0 Å². The molecule has 1 heterocycles. The van der Waals surface area contributed by atoms with Crippen molar-refractivity contribution >= 4 is 21.7 Å². The lowest BCUT2D eigenvalue weighted by Gasteiger charge is -2.31. The Kier molecular flexibility index (Phi) is 4.81. The standard InChI is InChI=1S/C13H19N3O4S/c1-20-11-3-2-8-16(9-11)13(17)15-10-4-6-12(7-5-10)21(14,18)19/h4-7,11H,2-3,8-9H2,1H3,(H,15,17)(H2,14,18,19). The van der Waals surface area contributed by atoms with E-state index in [1.54, 1.807) is 12.0 Å². The lowest BCUT2D eigenvalue weighted by atomic mass is 10.1. The molecule has 3 N–H and O–H groups in total. The number of likely N-dealkylation sites (tertiary alicyclic amines) is 1. The average molecular weight is 313 g/mol. The summed E-state index contributed by atoms with van der Waals surface area (Å²) < 4.78 is 27.6. The van der Waals surface area contributed by atoms with Gasteiger partial charge in [0.15, 0.2) is 0 Å². The van der Waals surface area contributed by atoms with Crippen LogP contribution in [0.5, 0.6) is 0 Å². The molecule has 8 heteroatoms. The molecule has 0 radical (unpaired) electrons. The van der Waals surface area contributed by atoms with Crippen molar-refractivity contribution in [2.45, 2.75) is 23.8 Å². The van der Waals surface area contributed by atoms with Gasteiger partial charge < -0.3 is 15.0 Å². The van der Waals surface area contributed by atoms with Crippen molar-refractivity contribution in [1.82, 2.24) is 4.90 Å². The van der Waals surface area contributed by atoms with Crippen LogP contribution in [-0.2, 0) is 14.8 Å². The van der Waals surface area contributed by atoms with Crippen LogP contribution in [0.25, 0.3) is 0 Å². The van der Waals surface area contributed by atoms with Crippen LogP contribution in [0.4, 0.5) is 10.5 Å². The fraction of sp³-hybridized carbons (Fsp3) is 0.462. The number of nitrogens with zero attached hydrogens (tertiary/aromatic N) is 1. The lowest BCUT2D eigenvalue weighted by molar-refractivity contribution is 0.0458. The van der Waals surface area contributed by atoms with E-state index in [-0.39, 0.29) is 17.0 Å². The van der Waals surface area contributed by atoms with E-state index in [4.69, 9.17) is 9.88 Å². The largest absolute Gasteiger partial charge is 0.380 e. The van der Waals surface area contributed by atoms with Crippen molar-refractivity contribution in [1.29, 1.82) is 0 Å². The number of rotatable bonds is 3. The molecule has 2 rings (SSSR count). The van der Waals surface area contributed by atoms with Crippen LogP contribution in [0.1, 0.15) is 12.8 Å². The van der Waals surface area contributed by atoms with Gasteiger partial charge in [-0.3, -0.25) is 0 Å². The molecule has 1 saturated heterocycles. The third kappa shape index (κ3) is 4.16. The summed E-state index contributed by atoms with van der Waals surface area (Å²) in [4.78, 5) is 13.8. The molecule has 1 aromatic rings. The molecule has 0 aromatic heterocycles. The third-order valence-corrected chi connectivity index (χ3v) is 4.36. The fourth-order valence-electron chi connectivity index (χ4n) is 2.25. The van der Waals surface area contributed by atoms with Gasteiger partial charge in [0.2, 0.25) is 10.0 Å². The zero-order valence-electron chi connectivity index (χ0n) is 11.8. The quantitative estimate of drug-likeness (QED) is 0.868. The normalized spacial score (nSPS) is 19.3. The van der Waals surface area contributed by atoms with Crippen LogP contribution >= 0.6 is 0 Å². The van der Waals surface area contributed by atoms with E-state index in [2.05, 4.69) is 5.32 Å². The molecular weight excluding hydrogens is 294 g/mol. The number of benzene rings is 1. The molecule has 1 unspecified atom stereocenters. The van der Waals surface area contributed by atoms with E-state index in [9.17, 15) is 13.2 Å². The van der Waals surface area contributed by atoms with Crippen LogP contribution in [0.3, 0.4) is 0 Å². The Balaban J connectivity index is 1.99. The van der Waals surface area contributed by atoms with E-state index in [1.165, 1.54) is 24.3 Å². The monoisotopic (exact) mass is 313 g/mol. The number of piperidine rings is 1. The van der Waals surface area contributed by atoms with Gasteiger partial charge in [0, 0.05) is 25.9 Å². The van der Waals surface area contributed by atoms with Crippen LogP contribution in [0, 0.1) is 0 Å². The number of amides is 2. The molecular formula is C13H19N3O4S. The highest BCUT2D eigenvalue weighted by molar-refractivity contribution is 7.89. The molecule has 0 aliphatic carbocycles. The topological polar surface area (TPSA) is 102 Å². The number of hydrogen-bond donors (Lipinski definition) is 2. The summed E-state index contributed by atoms with van der Waals surface area (Å²) in [5.74, 6) is 0. The van der Waals surface area contributed by atoms with Crippen molar-refractivity contribution in [2.75, 3.05) is 25.5 Å². The minimum atomic E-state index is -3.72. The first-order valence-electron chi connectivity index (χ1n) is 6.62. The zero-order valence-corrected chi connectivity index (χ0v) is 12.6. The number of urea groups is 1. The Morgan fingerprint density at radius 2 is 2.05 bits per heavy atom. The second-order valence-electron chi connectivity index (χ2n) is 4.95. The molecule has 1 aliphatic heterocycles. The summed E-state index contributed by atoms with van der Waals surface area (Å²) in [5.41, 5.74) is 0.520. The van der Waals surface area contributed by atoms with E-state index in [0.29, 0.717) is 18.8 Å². The minimum absolute atomic E-state index is 0.0120. The minimum Gasteiger partial charge on any atom is -0.380 e. The molecule has 0 bridgehead atoms. The highest BCUT2D eigenvalue weighted by atomic mass is 32.2. The second kappa shape index (κ2) is 6.42. The van der Waals surface area contributed by atoms with Gasteiger partial charge in [-0.1, -0.05) is 0 Å². The van der Waals surface area contributed by atoms with Crippen molar-refractivity contribution in [3.05, 3.63) is 24.3 Å². The summed E-state index contributed by atoms with van der Waals surface area (Å²) in [6, 6.07) is 5.52. The van der Waals surface area contributed by atoms with Gasteiger partial charge in [-0.2, -0.15) is 0 Å². The first-order valence-corrected chi connectivity index (χ1v) is 8.16. The number of nitrogens with one attached hydrogen (secondary N) is 1. The van der Waals surface area contributed by atoms with Gasteiger partial charge in [-0.15, -0.1) is 0 Å². The summed E-state index contributed by atoms with van der Waals surface area (Å²) in [6.07, 6.45) is 1.91. The van der Waals surface area contributed by atoms with Crippen LogP contribution in [0.2, 0.25) is 0 Å². The Morgan fingerprint density at radius 3 is 2.62 bits per heavy atom. The number of sulfonamides is 1. The SMILES string of the molecule is COC1CCCN(C(=O)Nc2ccc(S(N)(=O)=O)cc2)C1. The number of anilines is 1.